The number of rotatable bonds is 8. The van der Waals surface area contributed by atoms with Gasteiger partial charge in [0.05, 0.1) is 6.61 Å². The van der Waals surface area contributed by atoms with Gasteiger partial charge in [-0.2, -0.15) is 0 Å². The fraction of sp³-hybridized carbons (Fsp3) is 0.480. The van der Waals surface area contributed by atoms with Crippen LogP contribution < -0.4 is 0 Å². The largest absolute Gasteiger partial charge is 0.508 e. The molecule has 0 aliphatic heterocycles. The molecule has 0 saturated heterocycles. The van der Waals surface area contributed by atoms with Gasteiger partial charge >= 0.3 is 6.16 Å². The Morgan fingerprint density at radius 2 is 1.57 bits per heavy atom. The van der Waals surface area contributed by atoms with Crippen molar-refractivity contribution in [1.29, 1.82) is 0 Å². The van der Waals surface area contributed by atoms with Gasteiger partial charge in [-0.15, -0.1) is 0 Å². The van der Waals surface area contributed by atoms with E-state index in [0.717, 1.165) is 41.0 Å². The first kappa shape index (κ1) is 23.3. The van der Waals surface area contributed by atoms with Crippen molar-refractivity contribution < 1.29 is 14.3 Å². The van der Waals surface area contributed by atoms with Crippen LogP contribution in [0, 0.1) is 0 Å². The highest BCUT2D eigenvalue weighted by molar-refractivity contribution is 9.10. The van der Waals surface area contributed by atoms with E-state index in [4.69, 9.17) is 9.47 Å². The van der Waals surface area contributed by atoms with Gasteiger partial charge in [0.1, 0.15) is 5.60 Å². The first-order chi connectivity index (χ1) is 14.2. The number of carbonyl (C=O) groups is 1. The molecule has 0 bridgehead atoms. The predicted molar refractivity (Wildman–Crippen MR) is 129 cm³/mol. The summed E-state index contributed by atoms with van der Waals surface area (Å²) in [6.07, 6.45) is 4.02. The predicted octanol–water partition coefficient (Wildman–Crippen LogP) is 8.40. The summed E-state index contributed by atoms with van der Waals surface area (Å²) in [5.74, 6) is 0. The summed E-state index contributed by atoms with van der Waals surface area (Å²) in [6.45, 7) is 8.64. The van der Waals surface area contributed by atoms with Gasteiger partial charge in [0.2, 0.25) is 0 Å². The SMILES string of the molecule is CCCCC(C)(C)OC(=O)OCCCC1(C)c2cc(Br)ccc2-c2ccc(Br)cc21. The van der Waals surface area contributed by atoms with E-state index in [1.807, 2.05) is 13.8 Å². The van der Waals surface area contributed by atoms with Gasteiger partial charge in [0.25, 0.3) is 0 Å². The van der Waals surface area contributed by atoms with Crippen LogP contribution in [0.5, 0.6) is 0 Å². The third-order valence-electron chi connectivity index (χ3n) is 5.98. The molecule has 3 rings (SSSR count). The molecule has 0 N–H and O–H groups in total. The number of carbonyl (C=O) groups excluding carboxylic acids is 1. The molecule has 0 spiro atoms. The van der Waals surface area contributed by atoms with Crippen LogP contribution in [0.1, 0.15) is 70.9 Å². The second-order valence-electron chi connectivity index (χ2n) is 8.88. The van der Waals surface area contributed by atoms with Crippen molar-refractivity contribution in [2.45, 2.75) is 70.8 Å². The van der Waals surface area contributed by atoms with Gasteiger partial charge in [-0.1, -0.05) is 64.3 Å². The molecular weight excluding hydrogens is 508 g/mol. The molecule has 0 saturated carbocycles. The van der Waals surface area contributed by atoms with Gasteiger partial charge in [-0.3, -0.25) is 0 Å². The van der Waals surface area contributed by atoms with Gasteiger partial charge in [0, 0.05) is 14.4 Å². The zero-order valence-electron chi connectivity index (χ0n) is 18.2. The maximum absolute atomic E-state index is 12.1. The summed E-state index contributed by atoms with van der Waals surface area (Å²) in [4.78, 5) is 12.1. The molecule has 0 radical (unpaired) electrons. The fourth-order valence-electron chi connectivity index (χ4n) is 4.32. The van der Waals surface area contributed by atoms with Crippen LogP contribution in [0.2, 0.25) is 0 Å². The lowest BCUT2D eigenvalue weighted by Gasteiger charge is -2.28. The zero-order chi connectivity index (χ0) is 21.9. The lowest BCUT2D eigenvalue weighted by atomic mass is 9.76. The van der Waals surface area contributed by atoms with Gasteiger partial charge in [0.15, 0.2) is 0 Å². The average molecular weight is 538 g/mol. The molecule has 0 amide bonds. The lowest BCUT2D eigenvalue weighted by molar-refractivity contribution is -0.0219. The standard InChI is InChI=1S/C25H30Br2O3/c1-5-6-12-24(2,3)30-23(28)29-14-7-13-25(4)21-15-17(26)8-10-19(21)20-11-9-18(27)16-22(20)25/h8-11,15-16H,5-7,12-14H2,1-4H3. The molecule has 162 valence electrons. The molecule has 1 aliphatic rings. The lowest BCUT2D eigenvalue weighted by Crippen LogP contribution is -2.29. The van der Waals surface area contributed by atoms with E-state index in [-0.39, 0.29) is 5.41 Å². The molecule has 30 heavy (non-hydrogen) atoms. The van der Waals surface area contributed by atoms with Crippen LogP contribution in [0.25, 0.3) is 11.1 Å². The molecular formula is C25H30Br2O3. The summed E-state index contributed by atoms with van der Waals surface area (Å²) in [5, 5.41) is 0. The molecule has 0 aromatic heterocycles. The maximum Gasteiger partial charge on any atom is 0.508 e. The van der Waals surface area contributed by atoms with Crippen LogP contribution in [0.3, 0.4) is 0 Å². The number of ether oxygens (including phenoxy) is 2. The topological polar surface area (TPSA) is 35.5 Å². The first-order valence-corrected chi connectivity index (χ1v) is 12.2. The number of hydrogen-bond acceptors (Lipinski definition) is 3. The summed E-state index contributed by atoms with van der Waals surface area (Å²) in [7, 11) is 0. The third-order valence-corrected chi connectivity index (χ3v) is 6.96. The van der Waals surface area contributed by atoms with E-state index >= 15 is 0 Å². The molecule has 0 atom stereocenters. The van der Waals surface area contributed by atoms with Crippen LogP contribution in [0.15, 0.2) is 45.3 Å². The number of hydrogen-bond donors (Lipinski definition) is 0. The van der Waals surface area contributed by atoms with Crippen LogP contribution in [-0.4, -0.2) is 18.4 Å². The minimum Gasteiger partial charge on any atom is -0.434 e. The van der Waals surface area contributed by atoms with Crippen LogP contribution in [0.4, 0.5) is 4.79 Å². The number of fused-ring (bicyclic) bond motifs is 3. The molecule has 0 fully saturated rings. The van der Waals surface area contributed by atoms with Crippen molar-refractivity contribution in [3.05, 3.63) is 56.5 Å². The summed E-state index contributed by atoms with van der Waals surface area (Å²) < 4.78 is 13.1. The van der Waals surface area contributed by atoms with E-state index in [0.29, 0.717) is 6.61 Å². The van der Waals surface area contributed by atoms with Crippen molar-refractivity contribution in [3.8, 4) is 11.1 Å². The highest BCUT2D eigenvalue weighted by Crippen LogP contribution is 2.52. The zero-order valence-corrected chi connectivity index (χ0v) is 21.4. The summed E-state index contributed by atoms with van der Waals surface area (Å²) >= 11 is 7.25. The Bertz CT molecular complexity index is 869. The second kappa shape index (κ2) is 9.44. The number of unbranched alkanes of at least 4 members (excludes halogenated alkanes) is 1. The Morgan fingerprint density at radius 3 is 2.10 bits per heavy atom. The van der Waals surface area contributed by atoms with Gasteiger partial charge in [-0.25, -0.2) is 4.79 Å². The van der Waals surface area contributed by atoms with E-state index < -0.39 is 11.8 Å². The highest BCUT2D eigenvalue weighted by atomic mass is 79.9. The normalized spacial score (nSPS) is 14.2. The van der Waals surface area contributed by atoms with Crippen molar-refractivity contribution in [2.75, 3.05) is 6.61 Å². The summed E-state index contributed by atoms with van der Waals surface area (Å²) in [6, 6.07) is 13.0. The van der Waals surface area contributed by atoms with E-state index in [1.165, 1.54) is 22.3 Å². The molecule has 0 unspecified atom stereocenters. The molecule has 2 aromatic rings. The van der Waals surface area contributed by atoms with Crippen molar-refractivity contribution in [1.82, 2.24) is 0 Å². The average Bonchev–Trinajstić information content (AvgIpc) is 2.91. The minimum atomic E-state index is -0.570. The van der Waals surface area contributed by atoms with Crippen molar-refractivity contribution in [2.24, 2.45) is 0 Å². The van der Waals surface area contributed by atoms with Crippen LogP contribution >= 0.6 is 31.9 Å². The fourth-order valence-corrected chi connectivity index (χ4v) is 5.04. The molecule has 0 heterocycles. The Balaban J connectivity index is 1.66. The van der Waals surface area contributed by atoms with Crippen molar-refractivity contribution in [3.63, 3.8) is 0 Å². The summed E-state index contributed by atoms with van der Waals surface area (Å²) in [5.41, 5.74) is 4.57. The Kier molecular flexibility index (Phi) is 7.34. The van der Waals surface area contributed by atoms with Crippen molar-refractivity contribution >= 4 is 38.0 Å². The molecule has 5 heteroatoms. The molecule has 2 aromatic carbocycles. The van der Waals surface area contributed by atoms with E-state index in [9.17, 15) is 4.79 Å². The maximum atomic E-state index is 12.1. The monoisotopic (exact) mass is 536 g/mol. The first-order valence-electron chi connectivity index (χ1n) is 10.6. The number of halogens is 2. The third kappa shape index (κ3) is 5.11. The molecule has 3 nitrogen and oxygen atoms in total. The Hall–Kier alpha value is -1.33. The van der Waals surface area contributed by atoms with Crippen LogP contribution in [-0.2, 0) is 14.9 Å². The number of benzene rings is 2. The van der Waals surface area contributed by atoms with E-state index in [1.54, 1.807) is 0 Å². The molecule has 1 aliphatic carbocycles. The Morgan fingerprint density at radius 1 is 1.00 bits per heavy atom. The minimum absolute atomic E-state index is 0.133. The smallest absolute Gasteiger partial charge is 0.434 e. The van der Waals surface area contributed by atoms with E-state index in [2.05, 4.69) is 82.1 Å². The second-order valence-corrected chi connectivity index (χ2v) is 10.7. The quantitative estimate of drug-likeness (QED) is 0.250. The van der Waals surface area contributed by atoms with Gasteiger partial charge in [-0.05, 0) is 86.1 Å². The van der Waals surface area contributed by atoms with Gasteiger partial charge < -0.3 is 9.47 Å². The Labute approximate surface area is 196 Å². The highest BCUT2D eigenvalue weighted by Gasteiger charge is 2.39.